The van der Waals surface area contributed by atoms with Crippen molar-refractivity contribution in [1.82, 2.24) is 0 Å². The summed E-state index contributed by atoms with van der Waals surface area (Å²) in [6.45, 7) is 11.1. The largest absolute Gasteiger partial charge is 0.393 e. The lowest BCUT2D eigenvalue weighted by Gasteiger charge is -2.56. The van der Waals surface area contributed by atoms with Crippen LogP contribution in [0.1, 0.15) is 98.8 Å². The van der Waals surface area contributed by atoms with Crippen LogP contribution in [-0.2, 0) is 0 Å². The molecule has 3 nitrogen and oxygen atoms in total. The molecule has 0 saturated heterocycles. The van der Waals surface area contributed by atoms with Crippen LogP contribution in [0.4, 0.5) is 0 Å². The highest BCUT2D eigenvalue weighted by Crippen LogP contribution is 2.66. The quantitative estimate of drug-likeness (QED) is 0.361. The first-order chi connectivity index (χ1) is 15.5. The highest BCUT2D eigenvalue weighted by Gasteiger charge is 2.58. The van der Waals surface area contributed by atoms with E-state index in [-0.39, 0.29) is 5.41 Å². The number of hydrogen-bond acceptors (Lipinski definition) is 4. The van der Waals surface area contributed by atoms with Gasteiger partial charge in [-0.1, -0.05) is 56.9 Å². The highest BCUT2D eigenvalue weighted by molar-refractivity contribution is 7.99. The summed E-state index contributed by atoms with van der Waals surface area (Å²) in [4.78, 5) is 0. The topological polar surface area (TPSA) is 60.7 Å². The number of hydrogen-bond donors (Lipinski definition) is 3. The van der Waals surface area contributed by atoms with Gasteiger partial charge in [-0.2, -0.15) is 11.8 Å². The molecule has 0 amide bonds. The number of allylic oxidation sites excluding steroid dienone is 3. The maximum atomic E-state index is 11.1. The molecule has 0 aliphatic heterocycles. The van der Waals surface area contributed by atoms with E-state index >= 15 is 0 Å². The monoisotopic (exact) mass is 476 g/mol. The number of rotatable bonds is 8. The average Bonchev–Trinajstić information content (AvgIpc) is 3.08. The molecule has 0 bridgehead atoms. The Bertz CT molecular complexity index is 767. The zero-order valence-corrected chi connectivity index (χ0v) is 22.5. The predicted octanol–water partition coefficient (Wildman–Crippen LogP) is 6.27. The molecule has 4 rings (SSSR count). The molecule has 0 aromatic carbocycles. The van der Waals surface area contributed by atoms with Crippen molar-refractivity contribution in [3.8, 4) is 0 Å². The summed E-state index contributed by atoms with van der Waals surface area (Å²) in [6.07, 6.45) is 14.6. The molecule has 3 saturated carbocycles. The summed E-state index contributed by atoms with van der Waals surface area (Å²) in [7, 11) is 0. The number of fused-ring (bicyclic) bond motifs is 5. The number of aliphatic hydroxyl groups excluding tert-OH is 2. The summed E-state index contributed by atoms with van der Waals surface area (Å²) >= 11 is 2.17. The lowest BCUT2D eigenvalue weighted by atomic mass is 9.49. The van der Waals surface area contributed by atoms with Crippen LogP contribution in [0.5, 0.6) is 0 Å². The molecule has 0 spiro atoms. The molecule has 0 aromatic rings. The van der Waals surface area contributed by atoms with Crippen molar-refractivity contribution >= 4 is 11.8 Å². The van der Waals surface area contributed by atoms with Gasteiger partial charge >= 0.3 is 0 Å². The van der Waals surface area contributed by atoms with E-state index in [0.29, 0.717) is 28.9 Å². The van der Waals surface area contributed by atoms with Crippen LogP contribution in [0.3, 0.4) is 0 Å². The van der Waals surface area contributed by atoms with Gasteiger partial charge in [0.25, 0.3) is 0 Å². The molecular formula is C29H48O3S. The second-order valence-electron chi connectivity index (χ2n) is 12.8. The first-order valence-electron chi connectivity index (χ1n) is 13.6. The number of unbranched alkanes of at least 4 members (excludes halogenated alkanes) is 2. The standard InChI is InChI=1S/C29H48O3S/c1-19(33-16-8-6-7-14-27(2,3)32)23-11-12-24-22-10-9-20-17-21(30)18-26(31)29(20,5)25(22)13-15-28(23,24)4/h9-10,19,21,23-26,30-32H,6-8,11-18H2,1-5H3/t19?,21-,23-,24+,25+,26+,28-,29+/m1/s1. The smallest absolute Gasteiger partial charge is 0.0661 e. The molecule has 188 valence electrons. The van der Waals surface area contributed by atoms with Gasteiger partial charge < -0.3 is 15.3 Å². The fourth-order valence-electron chi connectivity index (χ4n) is 8.08. The van der Waals surface area contributed by atoms with Crippen LogP contribution in [0.25, 0.3) is 0 Å². The maximum absolute atomic E-state index is 11.1. The second kappa shape index (κ2) is 9.64. The highest BCUT2D eigenvalue weighted by atomic mass is 32.2. The Morgan fingerprint density at radius 2 is 1.82 bits per heavy atom. The van der Waals surface area contributed by atoms with Crippen LogP contribution >= 0.6 is 11.8 Å². The fourth-order valence-corrected chi connectivity index (χ4v) is 9.50. The van der Waals surface area contributed by atoms with E-state index in [4.69, 9.17) is 0 Å². The number of thioether (sulfide) groups is 1. The minimum absolute atomic E-state index is 0.188. The molecule has 3 fully saturated rings. The Balaban J connectivity index is 1.39. The van der Waals surface area contributed by atoms with Crippen molar-refractivity contribution in [2.45, 2.75) is 122 Å². The van der Waals surface area contributed by atoms with Crippen LogP contribution in [0.15, 0.2) is 23.3 Å². The Morgan fingerprint density at radius 1 is 1.06 bits per heavy atom. The molecule has 1 unspecified atom stereocenters. The minimum Gasteiger partial charge on any atom is -0.393 e. The van der Waals surface area contributed by atoms with E-state index < -0.39 is 17.8 Å². The van der Waals surface area contributed by atoms with Crippen LogP contribution in [-0.4, -0.2) is 44.1 Å². The maximum Gasteiger partial charge on any atom is 0.0661 e. The van der Waals surface area contributed by atoms with E-state index in [1.807, 2.05) is 13.8 Å². The van der Waals surface area contributed by atoms with Gasteiger partial charge in [-0.15, -0.1) is 0 Å². The normalized spacial score (nSPS) is 41.5. The van der Waals surface area contributed by atoms with Gasteiger partial charge in [0.15, 0.2) is 0 Å². The molecule has 4 aliphatic rings. The third-order valence-electron chi connectivity index (χ3n) is 10.1. The van der Waals surface area contributed by atoms with Gasteiger partial charge in [0.2, 0.25) is 0 Å². The Labute approximate surface area is 206 Å². The van der Waals surface area contributed by atoms with E-state index in [1.165, 1.54) is 49.9 Å². The van der Waals surface area contributed by atoms with E-state index in [2.05, 4.69) is 44.7 Å². The van der Waals surface area contributed by atoms with E-state index in [9.17, 15) is 15.3 Å². The van der Waals surface area contributed by atoms with E-state index in [0.717, 1.165) is 25.2 Å². The molecule has 8 atom stereocenters. The molecule has 33 heavy (non-hydrogen) atoms. The molecule has 4 heteroatoms. The summed E-state index contributed by atoms with van der Waals surface area (Å²) in [5.41, 5.74) is 2.54. The van der Waals surface area contributed by atoms with Gasteiger partial charge in [0.1, 0.15) is 0 Å². The fraction of sp³-hybridized carbons (Fsp3) is 0.862. The average molecular weight is 477 g/mol. The van der Waals surface area contributed by atoms with Gasteiger partial charge in [-0.3, -0.25) is 0 Å². The zero-order valence-electron chi connectivity index (χ0n) is 21.6. The summed E-state index contributed by atoms with van der Waals surface area (Å²) in [5, 5.41) is 31.9. The van der Waals surface area contributed by atoms with Crippen molar-refractivity contribution < 1.29 is 15.3 Å². The van der Waals surface area contributed by atoms with Gasteiger partial charge in [0.05, 0.1) is 17.8 Å². The second-order valence-corrected chi connectivity index (χ2v) is 14.3. The van der Waals surface area contributed by atoms with E-state index in [1.54, 1.807) is 5.57 Å². The summed E-state index contributed by atoms with van der Waals surface area (Å²) in [5.74, 6) is 3.08. The third kappa shape index (κ3) is 4.88. The van der Waals surface area contributed by atoms with Gasteiger partial charge in [0, 0.05) is 17.1 Å². The van der Waals surface area contributed by atoms with Crippen molar-refractivity contribution in [3.63, 3.8) is 0 Å². The van der Waals surface area contributed by atoms with Crippen molar-refractivity contribution in [3.05, 3.63) is 23.3 Å². The lowest BCUT2D eigenvalue weighted by molar-refractivity contribution is -0.0526. The Kier molecular flexibility index (Phi) is 7.53. The van der Waals surface area contributed by atoms with Crippen molar-refractivity contribution in [1.29, 1.82) is 0 Å². The first kappa shape index (κ1) is 25.8. The summed E-state index contributed by atoms with van der Waals surface area (Å²) in [6, 6.07) is 0. The molecular weight excluding hydrogens is 428 g/mol. The molecule has 0 aromatic heterocycles. The first-order valence-corrected chi connectivity index (χ1v) is 14.6. The lowest BCUT2D eigenvalue weighted by Crippen LogP contribution is -2.52. The zero-order chi connectivity index (χ0) is 24.0. The minimum atomic E-state index is -0.527. The number of aliphatic hydroxyl groups is 3. The Morgan fingerprint density at radius 3 is 2.55 bits per heavy atom. The van der Waals surface area contributed by atoms with Crippen molar-refractivity contribution in [2.75, 3.05) is 5.75 Å². The molecule has 3 N–H and O–H groups in total. The van der Waals surface area contributed by atoms with Crippen LogP contribution in [0.2, 0.25) is 0 Å². The molecule has 0 radical (unpaired) electrons. The van der Waals surface area contributed by atoms with Crippen molar-refractivity contribution in [2.24, 2.45) is 28.6 Å². The SMILES string of the molecule is CC(SCCCCCC(C)(C)O)[C@H]1CC[C@H]2C3=CC=C4C[C@@H](O)C[C@H](O)[C@]4(C)[C@H]3CC[C@]12C. The van der Waals surface area contributed by atoms with Crippen LogP contribution < -0.4 is 0 Å². The van der Waals surface area contributed by atoms with Gasteiger partial charge in [-0.05, 0) is 87.7 Å². The molecule has 4 aliphatic carbocycles. The third-order valence-corrected chi connectivity index (χ3v) is 11.5. The Hall–Kier alpha value is -0.290. The predicted molar refractivity (Wildman–Crippen MR) is 139 cm³/mol. The van der Waals surface area contributed by atoms with Crippen LogP contribution in [0, 0.1) is 28.6 Å². The molecule has 0 heterocycles. The summed E-state index contributed by atoms with van der Waals surface area (Å²) < 4.78 is 0. The van der Waals surface area contributed by atoms with Gasteiger partial charge in [-0.25, -0.2) is 0 Å².